The summed E-state index contributed by atoms with van der Waals surface area (Å²) in [5.41, 5.74) is 0.666. The molecule has 2 aromatic rings. The summed E-state index contributed by atoms with van der Waals surface area (Å²) in [4.78, 5) is 13.5. The van der Waals surface area contributed by atoms with Gasteiger partial charge in [0.2, 0.25) is 0 Å². The van der Waals surface area contributed by atoms with Gasteiger partial charge in [0, 0.05) is 16.2 Å². The topological polar surface area (TPSA) is 78.6 Å². The van der Waals surface area contributed by atoms with Crippen LogP contribution < -0.4 is 10.5 Å². The first-order chi connectivity index (χ1) is 10.8. The lowest BCUT2D eigenvalue weighted by Gasteiger charge is -2.28. The minimum atomic E-state index is -1.09. The maximum absolute atomic E-state index is 14.4. The van der Waals surface area contributed by atoms with E-state index in [1.807, 2.05) is 22.6 Å². The van der Waals surface area contributed by atoms with Crippen LogP contribution in [0.2, 0.25) is 0 Å². The number of halogens is 2. The molecule has 0 spiro atoms. The van der Waals surface area contributed by atoms with Gasteiger partial charge < -0.3 is 15.1 Å². The van der Waals surface area contributed by atoms with E-state index in [0.717, 1.165) is 3.57 Å². The fraction of sp³-hybridized carbons (Fsp3) is 0.333. The fourth-order valence-corrected chi connectivity index (χ4v) is 2.66. The molecule has 0 amide bonds. The summed E-state index contributed by atoms with van der Waals surface area (Å²) in [5, 5.41) is 22.9. The Balaban J connectivity index is 2.59. The minimum absolute atomic E-state index is 0.0658. The zero-order chi connectivity index (χ0) is 17.1. The van der Waals surface area contributed by atoms with Crippen molar-refractivity contribution < 1.29 is 14.6 Å². The Morgan fingerprint density at radius 1 is 1.43 bits per heavy atom. The number of aromatic nitrogens is 2. The molecule has 2 N–H and O–H groups in total. The third kappa shape index (κ3) is 3.88. The van der Waals surface area contributed by atoms with Crippen LogP contribution in [0.1, 0.15) is 5.56 Å². The lowest BCUT2D eigenvalue weighted by Crippen LogP contribution is -2.34. The molecule has 0 saturated carbocycles. The maximum atomic E-state index is 14.4. The first kappa shape index (κ1) is 17.8. The predicted octanol–water partition coefficient (Wildman–Crippen LogP) is 1.32. The van der Waals surface area contributed by atoms with Gasteiger partial charge in [0.05, 0.1) is 36.8 Å². The number of nitrogens with zero attached hydrogens (tertiary/aromatic N) is 3. The van der Waals surface area contributed by atoms with Crippen molar-refractivity contribution in [2.24, 2.45) is 7.05 Å². The van der Waals surface area contributed by atoms with E-state index >= 15 is 0 Å². The van der Waals surface area contributed by atoms with Crippen molar-refractivity contribution >= 4 is 34.0 Å². The van der Waals surface area contributed by atoms with Gasteiger partial charge in [-0.2, -0.15) is 5.10 Å². The van der Waals surface area contributed by atoms with Crippen molar-refractivity contribution in [1.82, 2.24) is 9.78 Å². The number of hydrogen-bond acceptors (Lipinski definition) is 5. The Morgan fingerprint density at radius 3 is 2.74 bits per heavy atom. The molecule has 1 unspecified atom stereocenters. The van der Waals surface area contributed by atoms with Gasteiger partial charge in [0.1, 0.15) is 5.82 Å². The lowest BCUT2D eigenvalue weighted by molar-refractivity contribution is 0.102. The molecule has 6 nitrogen and oxygen atoms in total. The Labute approximate surface area is 146 Å². The van der Waals surface area contributed by atoms with Crippen molar-refractivity contribution in [2.75, 3.05) is 18.1 Å². The van der Waals surface area contributed by atoms with Crippen LogP contribution in [-0.4, -0.2) is 39.2 Å². The molecule has 0 saturated heterocycles. The zero-order valence-corrected chi connectivity index (χ0v) is 14.9. The minimum Gasteiger partial charge on any atom is -0.394 e. The highest BCUT2D eigenvalue weighted by molar-refractivity contribution is 14.1. The molecule has 23 heavy (non-hydrogen) atoms. The Hall–Kier alpha value is -1.52. The van der Waals surface area contributed by atoms with Gasteiger partial charge in [0.15, 0.2) is 0 Å². The summed E-state index contributed by atoms with van der Waals surface area (Å²) in [6.07, 6.45) is 0.357. The van der Waals surface area contributed by atoms with Gasteiger partial charge in [0.25, 0.3) is 5.56 Å². The fourth-order valence-electron chi connectivity index (χ4n) is 2.21. The second-order valence-corrected chi connectivity index (χ2v) is 6.37. The first-order valence-electron chi connectivity index (χ1n) is 6.89. The largest absolute Gasteiger partial charge is 0.394 e. The summed E-state index contributed by atoms with van der Waals surface area (Å²) in [6.45, 7) is 1.08. The average molecular weight is 433 g/mol. The third-order valence-corrected chi connectivity index (χ3v) is 4.12. The van der Waals surface area contributed by atoms with Crippen molar-refractivity contribution in [3.63, 3.8) is 0 Å². The van der Waals surface area contributed by atoms with Crippen molar-refractivity contribution in [2.45, 2.75) is 13.0 Å². The SMILES string of the molecule is Cc1c(N(CC(O)CO)c2ccc(I)cc2F)cnn(C)c1=O. The van der Waals surface area contributed by atoms with E-state index in [-0.39, 0.29) is 17.8 Å². The highest BCUT2D eigenvalue weighted by Gasteiger charge is 2.21. The van der Waals surface area contributed by atoms with Crippen LogP contribution in [0.3, 0.4) is 0 Å². The van der Waals surface area contributed by atoms with Crippen LogP contribution in [-0.2, 0) is 7.05 Å². The van der Waals surface area contributed by atoms with E-state index in [0.29, 0.717) is 11.3 Å². The van der Waals surface area contributed by atoms with E-state index in [9.17, 15) is 14.3 Å². The molecule has 1 heterocycles. The molecule has 0 radical (unpaired) electrons. The van der Waals surface area contributed by atoms with E-state index in [1.54, 1.807) is 19.1 Å². The quantitative estimate of drug-likeness (QED) is 0.696. The van der Waals surface area contributed by atoms with E-state index in [2.05, 4.69) is 5.10 Å². The molecule has 0 bridgehead atoms. The molecule has 0 fully saturated rings. The molecular weight excluding hydrogens is 416 g/mol. The third-order valence-electron chi connectivity index (χ3n) is 3.45. The zero-order valence-electron chi connectivity index (χ0n) is 12.7. The second-order valence-electron chi connectivity index (χ2n) is 5.13. The molecule has 1 aromatic carbocycles. The summed E-state index contributed by atoms with van der Waals surface area (Å²) in [6, 6.07) is 4.65. The summed E-state index contributed by atoms with van der Waals surface area (Å²) in [7, 11) is 1.53. The molecule has 0 aliphatic heterocycles. The smallest absolute Gasteiger partial charge is 0.271 e. The number of anilines is 2. The molecule has 124 valence electrons. The number of aryl methyl sites for hydroxylation is 1. The number of rotatable bonds is 5. The Bertz CT molecular complexity index is 766. The molecule has 0 aliphatic rings. The lowest BCUT2D eigenvalue weighted by atomic mass is 10.2. The highest BCUT2D eigenvalue weighted by atomic mass is 127. The van der Waals surface area contributed by atoms with Crippen molar-refractivity contribution in [3.8, 4) is 0 Å². The summed E-state index contributed by atoms with van der Waals surface area (Å²) >= 11 is 2.00. The van der Waals surface area contributed by atoms with E-state index in [1.165, 1.54) is 28.9 Å². The maximum Gasteiger partial charge on any atom is 0.271 e. The summed E-state index contributed by atoms with van der Waals surface area (Å²) in [5.74, 6) is -0.484. The molecule has 1 aromatic heterocycles. The molecule has 1 atom stereocenters. The van der Waals surface area contributed by atoms with E-state index < -0.39 is 18.5 Å². The predicted molar refractivity (Wildman–Crippen MR) is 93.4 cm³/mol. The first-order valence-corrected chi connectivity index (χ1v) is 7.97. The summed E-state index contributed by atoms with van der Waals surface area (Å²) < 4.78 is 16.3. The van der Waals surface area contributed by atoms with Gasteiger partial charge >= 0.3 is 0 Å². The van der Waals surface area contributed by atoms with E-state index in [4.69, 9.17) is 5.11 Å². The standard InChI is InChI=1S/C15H17FIN3O3/c1-9-14(6-18-19(2)15(9)23)20(7-11(22)8-21)13-4-3-10(17)5-12(13)16/h3-6,11,21-22H,7-8H2,1-2H3. The van der Waals surface area contributed by atoms with Gasteiger partial charge in [-0.3, -0.25) is 4.79 Å². The van der Waals surface area contributed by atoms with Crippen LogP contribution in [0.5, 0.6) is 0 Å². The number of aliphatic hydroxyl groups excluding tert-OH is 2. The monoisotopic (exact) mass is 433 g/mol. The Morgan fingerprint density at radius 2 is 2.13 bits per heavy atom. The molecule has 0 aliphatic carbocycles. The molecule has 2 rings (SSSR count). The highest BCUT2D eigenvalue weighted by Crippen LogP contribution is 2.29. The Kier molecular flexibility index (Phi) is 5.71. The normalized spacial score (nSPS) is 12.3. The van der Waals surface area contributed by atoms with Crippen molar-refractivity contribution in [3.05, 3.63) is 49.7 Å². The molecule has 8 heteroatoms. The van der Waals surface area contributed by atoms with Crippen LogP contribution in [0.25, 0.3) is 0 Å². The van der Waals surface area contributed by atoms with Crippen LogP contribution in [0, 0.1) is 16.3 Å². The van der Waals surface area contributed by atoms with Gasteiger partial charge in [-0.05, 0) is 47.7 Å². The van der Waals surface area contributed by atoms with Gasteiger partial charge in [-0.25, -0.2) is 9.07 Å². The van der Waals surface area contributed by atoms with Gasteiger partial charge in [-0.15, -0.1) is 0 Å². The number of aliphatic hydroxyl groups is 2. The van der Waals surface area contributed by atoms with Crippen LogP contribution >= 0.6 is 22.6 Å². The van der Waals surface area contributed by atoms with Crippen molar-refractivity contribution in [1.29, 1.82) is 0 Å². The average Bonchev–Trinajstić information content (AvgIpc) is 2.51. The van der Waals surface area contributed by atoms with Gasteiger partial charge in [-0.1, -0.05) is 0 Å². The number of hydrogen-bond donors (Lipinski definition) is 2. The van der Waals surface area contributed by atoms with Crippen LogP contribution in [0.4, 0.5) is 15.8 Å². The number of benzene rings is 1. The second kappa shape index (κ2) is 7.37. The molecular formula is C15H17FIN3O3. The van der Waals surface area contributed by atoms with Crippen LogP contribution in [0.15, 0.2) is 29.2 Å².